The summed E-state index contributed by atoms with van der Waals surface area (Å²) in [6.07, 6.45) is 1.69. The number of pyridine rings is 1. The molecule has 0 fully saturated rings. The molecule has 0 saturated carbocycles. The van der Waals surface area contributed by atoms with Gasteiger partial charge in [-0.1, -0.05) is 6.07 Å². The normalized spacial score (nSPS) is 10.4. The fourth-order valence-electron chi connectivity index (χ4n) is 1.38. The lowest BCUT2D eigenvalue weighted by atomic mass is 10.1. The first-order valence-corrected chi connectivity index (χ1v) is 4.26. The molecule has 0 unspecified atom stereocenters. The monoisotopic (exact) mass is 187 g/mol. The summed E-state index contributed by atoms with van der Waals surface area (Å²) in [6.45, 7) is 1.91. The first-order valence-electron chi connectivity index (χ1n) is 4.26. The van der Waals surface area contributed by atoms with Crippen LogP contribution in [0.3, 0.4) is 0 Å². The smallest absolute Gasteiger partial charge is 0.335 e. The van der Waals surface area contributed by atoms with E-state index in [0.29, 0.717) is 5.56 Å². The zero-order valence-electron chi connectivity index (χ0n) is 7.69. The number of benzene rings is 1. The number of hydrogen-bond acceptors (Lipinski definition) is 2. The fraction of sp³-hybridized carbons (Fsp3) is 0.0909. The topological polar surface area (TPSA) is 50.2 Å². The molecule has 70 valence electrons. The van der Waals surface area contributed by atoms with E-state index in [9.17, 15) is 4.79 Å². The number of carbonyl (C=O) groups is 1. The second kappa shape index (κ2) is 3.10. The Balaban J connectivity index is 2.67. The van der Waals surface area contributed by atoms with Crippen LogP contribution in [0, 0.1) is 6.92 Å². The predicted molar refractivity (Wildman–Crippen MR) is 53.4 cm³/mol. The van der Waals surface area contributed by atoms with Crippen molar-refractivity contribution < 1.29 is 9.90 Å². The van der Waals surface area contributed by atoms with E-state index in [1.54, 1.807) is 24.4 Å². The van der Waals surface area contributed by atoms with Gasteiger partial charge in [0.1, 0.15) is 0 Å². The Labute approximate surface area is 81.0 Å². The Kier molecular flexibility index (Phi) is 1.93. The Hall–Kier alpha value is -1.90. The molecule has 14 heavy (non-hydrogen) atoms. The van der Waals surface area contributed by atoms with Crippen LogP contribution in [0.5, 0.6) is 0 Å². The van der Waals surface area contributed by atoms with Gasteiger partial charge in [0.15, 0.2) is 0 Å². The second-order valence-corrected chi connectivity index (χ2v) is 3.19. The molecule has 0 aliphatic heterocycles. The SMILES string of the molecule is Cc1cc2ccc(C(=O)O)cc2cn1. The van der Waals surface area contributed by atoms with Crippen molar-refractivity contribution in [2.24, 2.45) is 0 Å². The lowest BCUT2D eigenvalue weighted by molar-refractivity contribution is 0.0697. The number of aromatic carboxylic acids is 1. The Morgan fingerprint density at radius 3 is 2.79 bits per heavy atom. The number of carboxylic acid groups (broad SMARTS) is 1. The maximum Gasteiger partial charge on any atom is 0.335 e. The number of fused-ring (bicyclic) bond motifs is 1. The first-order chi connectivity index (χ1) is 6.66. The number of rotatable bonds is 1. The summed E-state index contributed by atoms with van der Waals surface area (Å²) in [5, 5.41) is 10.7. The molecule has 3 heteroatoms. The maximum atomic E-state index is 10.7. The molecule has 3 nitrogen and oxygen atoms in total. The van der Waals surface area contributed by atoms with E-state index in [1.807, 2.05) is 13.0 Å². The molecule has 2 aromatic rings. The van der Waals surface area contributed by atoms with Gasteiger partial charge in [0, 0.05) is 17.3 Å². The number of carboxylic acids is 1. The van der Waals surface area contributed by atoms with Gasteiger partial charge in [-0.05, 0) is 30.5 Å². The van der Waals surface area contributed by atoms with E-state index in [-0.39, 0.29) is 0 Å². The average molecular weight is 187 g/mol. The highest BCUT2D eigenvalue weighted by atomic mass is 16.4. The summed E-state index contributed by atoms with van der Waals surface area (Å²) in [4.78, 5) is 14.8. The molecule has 0 bridgehead atoms. The van der Waals surface area contributed by atoms with Crippen molar-refractivity contribution in [1.82, 2.24) is 4.98 Å². The van der Waals surface area contributed by atoms with Gasteiger partial charge in [0.25, 0.3) is 0 Å². The minimum atomic E-state index is -0.910. The Morgan fingerprint density at radius 2 is 2.07 bits per heavy atom. The zero-order valence-corrected chi connectivity index (χ0v) is 7.69. The number of hydrogen-bond donors (Lipinski definition) is 1. The summed E-state index contributed by atoms with van der Waals surface area (Å²) in [5.41, 5.74) is 1.23. The van der Waals surface area contributed by atoms with Crippen molar-refractivity contribution in [3.05, 3.63) is 41.7 Å². The average Bonchev–Trinajstić information content (AvgIpc) is 2.16. The summed E-state index contributed by atoms with van der Waals surface area (Å²) < 4.78 is 0. The van der Waals surface area contributed by atoms with E-state index >= 15 is 0 Å². The van der Waals surface area contributed by atoms with Crippen LogP contribution < -0.4 is 0 Å². The second-order valence-electron chi connectivity index (χ2n) is 3.19. The van der Waals surface area contributed by atoms with E-state index in [4.69, 9.17) is 5.11 Å². The van der Waals surface area contributed by atoms with Crippen molar-refractivity contribution >= 4 is 16.7 Å². The number of nitrogens with zero attached hydrogens (tertiary/aromatic N) is 1. The molecule has 0 radical (unpaired) electrons. The van der Waals surface area contributed by atoms with E-state index < -0.39 is 5.97 Å². The van der Waals surface area contributed by atoms with Crippen molar-refractivity contribution in [3.63, 3.8) is 0 Å². The minimum absolute atomic E-state index is 0.295. The molecule has 0 atom stereocenters. The third-order valence-electron chi connectivity index (χ3n) is 2.11. The fourth-order valence-corrected chi connectivity index (χ4v) is 1.38. The zero-order chi connectivity index (χ0) is 10.1. The van der Waals surface area contributed by atoms with Crippen molar-refractivity contribution in [1.29, 1.82) is 0 Å². The van der Waals surface area contributed by atoms with Gasteiger partial charge in [-0.3, -0.25) is 4.98 Å². The summed E-state index contributed by atoms with van der Waals surface area (Å²) in [7, 11) is 0. The molecule has 0 spiro atoms. The largest absolute Gasteiger partial charge is 0.478 e. The number of aromatic nitrogens is 1. The molecule has 0 saturated heterocycles. The van der Waals surface area contributed by atoms with Crippen molar-refractivity contribution in [3.8, 4) is 0 Å². The van der Waals surface area contributed by atoms with Gasteiger partial charge in [0.2, 0.25) is 0 Å². The third-order valence-corrected chi connectivity index (χ3v) is 2.11. The highest BCUT2D eigenvalue weighted by Crippen LogP contribution is 2.15. The molecule has 0 aliphatic carbocycles. The molecular weight excluding hydrogens is 178 g/mol. The quantitative estimate of drug-likeness (QED) is 0.744. The summed E-state index contributed by atoms with van der Waals surface area (Å²) in [6, 6.07) is 6.96. The number of aryl methyl sites for hydroxylation is 1. The maximum absolute atomic E-state index is 10.7. The minimum Gasteiger partial charge on any atom is -0.478 e. The summed E-state index contributed by atoms with van der Waals surface area (Å²) >= 11 is 0. The van der Waals surface area contributed by atoms with Crippen LogP contribution in [-0.4, -0.2) is 16.1 Å². The van der Waals surface area contributed by atoms with Crippen LogP contribution in [0.1, 0.15) is 16.1 Å². The Bertz CT molecular complexity index is 506. The van der Waals surface area contributed by atoms with Gasteiger partial charge >= 0.3 is 5.97 Å². The van der Waals surface area contributed by atoms with Gasteiger partial charge in [-0.15, -0.1) is 0 Å². The molecule has 1 heterocycles. The molecular formula is C11H9NO2. The summed E-state index contributed by atoms with van der Waals surface area (Å²) in [5.74, 6) is -0.910. The molecule has 0 amide bonds. The van der Waals surface area contributed by atoms with E-state index in [0.717, 1.165) is 16.5 Å². The van der Waals surface area contributed by atoms with Crippen LogP contribution in [0.15, 0.2) is 30.5 Å². The standard InChI is InChI=1S/C11H9NO2/c1-7-4-8-2-3-9(11(13)14)5-10(8)6-12-7/h2-6H,1H3,(H,13,14). The first kappa shape index (κ1) is 8.69. The highest BCUT2D eigenvalue weighted by Gasteiger charge is 2.03. The van der Waals surface area contributed by atoms with Crippen LogP contribution in [0.4, 0.5) is 0 Å². The molecule has 2 rings (SSSR count). The van der Waals surface area contributed by atoms with Crippen LogP contribution >= 0.6 is 0 Å². The predicted octanol–water partition coefficient (Wildman–Crippen LogP) is 2.24. The van der Waals surface area contributed by atoms with Crippen molar-refractivity contribution in [2.45, 2.75) is 6.92 Å². The lowest BCUT2D eigenvalue weighted by Gasteiger charge is -2.00. The molecule has 0 aliphatic rings. The highest BCUT2D eigenvalue weighted by molar-refractivity contribution is 5.94. The van der Waals surface area contributed by atoms with Gasteiger partial charge < -0.3 is 5.11 Å². The Morgan fingerprint density at radius 1 is 1.29 bits per heavy atom. The molecule has 1 N–H and O–H groups in total. The van der Waals surface area contributed by atoms with Crippen LogP contribution in [-0.2, 0) is 0 Å². The van der Waals surface area contributed by atoms with Crippen LogP contribution in [0.2, 0.25) is 0 Å². The third kappa shape index (κ3) is 1.44. The lowest BCUT2D eigenvalue weighted by Crippen LogP contribution is -1.95. The van der Waals surface area contributed by atoms with Crippen LogP contribution in [0.25, 0.3) is 10.8 Å². The molecule has 1 aromatic carbocycles. The van der Waals surface area contributed by atoms with E-state index in [1.165, 1.54) is 0 Å². The molecule has 1 aromatic heterocycles. The van der Waals surface area contributed by atoms with Gasteiger partial charge in [0.05, 0.1) is 5.56 Å². The van der Waals surface area contributed by atoms with Gasteiger partial charge in [-0.25, -0.2) is 4.79 Å². The van der Waals surface area contributed by atoms with Gasteiger partial charge in [-0.2, -0.15) is 0 Å². The van der Waals surface area contributed by atoms with E-state index in [2.05, 4.69) is 4.98 Å². The van der Waals surface area contributed by atoms with Crippen molar-refractivity contribution in [2.75, 3.05) is 0 Å².